The second-order valence-corrected chi connectivity index (χ2v) is 2.66. The number of nitrogens with two attached hydrogens (primary N) is 1. The maximum absolute atomic E-state index is 5.47. The van der Waals surface area contributed by atoms with E-state index in [1.54, 1.807) is 0 Å². The van der Waals surface area contributed by atoms with Gasteiger partial charge in [-0.3, -0.25) is 4.98 Å². The van der Waals surface area contributed by atoms with Gasteiger partial charge in [0.1, 0.15) is 0 Å². The zero-order chi connectivity index (χ0) is 8.27. The second kappa shape index (κ2) is 3.49. The van der Waals surface area contributed by atoms with E-state index in [-0.39, 0.29) is 0 Å². The molecule has 1 aromatic heterocycles. The van der Waals surface area contributed by atoms with E-state index >= 15 is 0 Å². The molecule has 60 valence electrons. The summed E-state index contributed by atoms with van der Waals surface area (Å²) in [5.41, 5.74) is 9.00. The van der Waals surface area contributed by atoms with Crippen LogP contribution in [0.5, 0.6) is 0 Å². The summed E-state index contributed by atoms with van der Waals surface area (Å²) in [6, 6.07) is 2.10. The number of rotatable bonds is 2. The van der Waals surface area contributed by atoms with E-state index in [0.29, 0.717) is 6.54 Å². The summed E-state index contributed by atoms with van der Waals surface area (Å²) in [4.78, 5) is 4.29. The van der Waals surface area contributed by atoms with Crippen molar-refractivity contribution >= 4 is 0 Å². The predicted molar refractivity (Wildman–Crippen MR) is 46.2 cm³/mol. The molecule has 2 heteroatoms. The number of hydrogen-bond donors (Lipinski definition) is 1. The highest BCUT2D eigenvalue weighted by Gasteiger charge is 1.97. The van der Waals surface area contributed by atoms with Crippen LogP contribution < -0.4 is 5.73 Å². The highest BCUT2D eigenvalue weighted by atomic mass is 14.7. The van der Waals surface area contributed by atoms with Crippen molar-refractivity contribution in [1.29, 1.82) is 0 Å². The van der Waals surface area contributed by atoms with Gasteiger partial charge < -0.3 is 5.73 Å². The van der Waals surface area contributed by atoms with Crippen LogP contribution in [-0.4, -0.2) is 4.98 Å². The molecule has 0 aliphatic carbocycles. The molecule has 0 spiro atoms. The maximum Gasteiger partial charge on any atom is 0.0430 e. The van der Waals surface area contributed by atoms with Gasteiger partial charge in [-0.25, -0.2) is 0 Å². The van der Waals surface area contributed by atoms with Crippen molar-refractivity contribution < 1.29 is 0 Å². The van der Waals surface area contributed by atoms with Crippen molar-refractivity contribution in [3.8, 4) is 0 Å². The molecule has 0 aromatic carbocycles. The van der Waals surface area contributed by atoms with Crippen LogP contribution in [0.25, 0.3) is 0 Å². The molecule has 0 radical (unpaired) electrons. The highest BCUT2D eigenvalue weighted by molar-refractivity contribution is 5.23. The Kier molecular flexibility index (Phi) is 2.60. The molecule has 2 nitrogen and oxygen atoms in total. The fourth-order valence-electron chi connectivity index (χ4n) is 1.14. The summed E-state index contributed by atoms with van der Waals surface area (Å²) in [7, 11) is 0. The number of aromatic nitrogens is 1. The van der Waals surface area contributed by atoms with E-state index < -0.39 is 0 Å². The predicted octanol–water partition coefficient (Wildman–Crippen LogP) is 1.41. The smallest absolute Gasteiger partial charge is 0.0430 e. The summed E-state index contributed by atoms with van der Waals surface area (Å²) in [5, 5.41) is 0. The Hall–Kier alpha value is -0.890. The Morgan fingerprint density at radius 2 is 2.27 bits per heavy atom. The van der Waals surface area contributed by atoms with Gasteiger partial charge in [-0.05, 0) is 24.5 Å². The van der Waals surface area contributed by atoms with Gasteiger partial charge in [-0.1, -0.05) is 13.0 Å². The van der Waals surface area contributed by atoms with Crippen LogP contribution in [0.15, 0.2) is 12.3 Å². The number of nitrogens with zero attached hydrogens (tertiary/aromatic N) is 1. The largest absolute Gasteiger partial charge is 0.326 e. The van der Waals surface area contributed by atoms with E-state index in [9.17, 15) is 0 Å². The summed E-state index contributed by atoms with van der Waals surface area (Å²) < 4.78 is 0. The first-order chi connectivity index (χ1) is 5.27. The van der Waals surface area contributed by atoms with Crippen molar-refractivity contribution in [2.75, 3.05) is 0 Å². The quantitative estimate of drug-likeness (QED) is 0.692. The Bertz CT molecular complexity index is 243. The molecule has 0 atom stereocenters. The molecular formula is C9H14N2. The van der Waals surface area contributed by atoms with Crippen LogP contribution in [0.4, 0.5) is 0 Å². The van der Waals surface area contributed by atoms with Crippen LogP contribution in [0.3, 0.4) is 0 Å². The van der Waals surface area contributed by atoms with Crippen LogP contribution in [0.2, 0.25) is 0 Å². The first kappa shape index (κ1) is 8.21. The molecule has 0 unspecified atom stereocenters. The zero-order valence-corrected chi connectivity index (χ0v) is 7.09. The minimum Gasteiger partial charge on any atom is -0.326 e. The van der Waals surface area contributed by atoms with Crippen molar-refractivity contribution in [3.63, 3.8) is 0 Å². The summed E-state index contributed by atoms with van der Waals surface area (Å²) in [5.74, 6) is 0. The van der Waals surface area contributed by atoms with Gasteiger partial charge in [-0.15, -0.1) is 0 Å². The average molecular weight is 150 g/mol. The standard InChI is InChI=1S/C9H14N2/c1-3-9-7(2)4-8(5-10)6-11-9/h4,6H,3,5,10H2,1-2H3. The molecule has 0 bridgehead atoms. The number of aryl methyl sites for hydroxylation is 2. The van der Waals surface area contributed by atoms with Gasteiger partial charge in [0, 0.05) is 18.4 Å². The molecule has 1 heterocycles. The molecular weight excluding hydrogens is 136 g/mol. The molecule has 0 aliphatic rings. The van der Waals surface area contributed by atoms with Gasteiger partial charge in [-0.2, -0.15) is 0 Å². The van der Waals surface area contributed by atoms with Crippen LogP contribution in [-0.2, 0) is 13.0 Å². The Balaban J connectivity index is 2.99. The topological polar surface area (TPSA) is 38.9 Å². The lowest BCUT2D eigenvalue weighted by atomic mass is 10.1. The lowest BCUT2D eigenvalue weighted by molar-refractivity contribution is 0.967. The van der Waals surface area contributed by atoms with Crippen molar-refractivity contribution in [1.82, 2.24) is 4.98 Å². The summed E-state index contributed by atoms with van der Waals surface area (Å²) in [6.07, 6.45) is 2.85. The van der Waals surface area contributed by atoms with Gasteiger partial charge in [0.05, 0.1) is 0 Å². The molecule has 0 saturated heterocycles. The fraction of sp³-hybridized carbons (Fsp3) is 0.444. The normalized spacial score (nSPS) is 10.1. The van der Waals surface area contributed by atoms with Crippen LogP contribution in [0.1, 0.15) is 23.7 Å². The van der Waals surface area contributed by atoms with E-state index in [1.807, 2.05) is 6.20 Å². The molecule has 1 rings (SSSR count). The van der Waals surface area contributed by atoms with E-state index in [1.165, 1.54) is 11.3 Å². The van der Waals surface area contributed by atoms with E-state index in [2.05, 4.69) is 24.9 Å². The van der Waals surface area contributed by atoms with Crippen molar-refractivity contribution in [2.24, 2.45) is 5.73 Å². The number of hydrogen-bond acceptors (Lipinski definition) is 2. The lowest BCUT2D eigenvalue weighted by Crippen LogP contribution is -2.00. The Morgan fingerprint density at radius 1 is 1.55 bits per heavy atom. The molecule has 0 saturated carbocycles. The summed E-state index contributed by atoms with van der Waals surface area (Å²) in [6.45, 7) is 4.76. The first-order valence-electron chi connectivity index (χ1n) is 3.92. The molecule has 0 amide bonds. The molecule has 2 N–H and O–H groups in total. The maximum atomic E-state index is 5.47. The van der Waals surface area contributed by atoms with Gasteiger partial charge in [0.15, 0.2) is 0 Å². The van der Waals surface area contributed by atoms with E-state index in [0.717, 1.165) is 12.0 Å². The monoisotopic (exact) mass is 150 g/mol. The Morgan fingerprint density at radius 3 is 2.73 bits per heavy atom. The first-order valence-corrected chi connectivity index (χ1v) is 3.92. The van der Waals surface area contributed by atoms with Crippen LogP contribution >= 0.6 is 0 Å². The fourth-order valence-corrected chi connectivity index (χ4v) is 1.14. The van der Waals surface area contributed by atoms with Crippen LogP contribution in [0, 0.1) is 6.92 Å². The minimum atomic E-state index is 0.581. The highest BCUT2D eigenvalue weighted by Crippen LogP contribution is 2.07. The third-order valence-corrected chi connectivity index (χ3v) is 1.81. The molecule has 0 fully saturated rings. The lowest BCUT2D eigenvalue weighted by Gasteiger charge is -2.02. The second-order valence-electron chi connectivity index (χ2n) is 2.66. The average Bonchev–Trinajstić information content (AvgIpc) is 2.04. The van der Waals surface area contributed by atoms with Gasteiger partial charge in [0.2, 0.25) is 0 Å². The third-order valence-electron chi connectivity index (χ3n) is 1.81. The molecule has 11 heavy (non-hydrogen) atoms. The summed E-state index contributed by atoms with van der Waals surface area (Å²) >= 11 is 0. The van der Waals surface area contributed by atoms with E-state index in [4.69, 9.17) is 5.73 Å². The third kappa shape index (κ3) is 1.77. The molecule has 1 aromatic rings. The Labute approximate surface area is 67.5 Å². The van der Waals surface area contributed by atoms with Crippen molar-refractivity contribution in [2.45, 2.75) is 26.8 Å². The molecule has 0 aliphatic heterocycles. The minimum absolute atomic E-state index is 0.581. The SMILES string of the molecule is CCc1ncc(CN)cc1C. The van der Waals surface area contributed by atoms with Gasteiger partial charge in [0.25, 0.3) is 0 Å². The van der Waals surface area contributed by atoms with Crippen molar-refractivity contribution in [3.05, 3.63) is 29.1 Å². The zero-order valence-electron chi connectivity index (χ0n) is 7.09. The number of pyridine rings is 1. The van der Waals surface area contributed by atoms with Gasteiger partial charge >= 0.3 is 0 Å².